The van der Waals surface area contributed by atoms with Crippen LogP contribution in [0.25, 0.3) is 0 Å². The summed E-state index contributed by atoms with van der Waals surface area (Å²) in [6.45, 7) is 4.73. The second-order valence-electron chi connectivity index (χ2n) is 8.18. The molecule has 2 heteroatoms. The normalized spacial score (nSPS) is 40.2. The van der Waals surface area contributed by atoms with Crippen molar-refractivity contribution in [3.05, 3.63) is 30.1 Å². The van der Waals surface area contributed by atoms with Crippen molar-refractivity contribution in [3.8, 4) is 0 Å². The van der Waals surface area contributed by atoms with Gasteiger partial charge in [-0.2, -0.15) is 0 Å². The Bertz CT molecular complexity index is 460. The Morgan fingerprint density at radius 3 is 2.24 bits per heavy atom. The molecule has 2 unspecified atom stereocenters. The average molecular weight is 284 g/mol. The molecule has 114 valence electrons. The maximum atomic E-state index is 4.27. The third-order valence-electron chi connectivity index (χ3n) is 6.69. The molecule has 0 radical (unpaired) electrons. The topological polar surface area (TPSA) is 24.9 Å². The van der Waals surface area contributed by atoms with Gasteiger partial charge in [-0.25, -0.2) is 0 Å². The van der Waals surface area contributed by atoms with Crippen molar-refractivity contribution in [1.29, 1.82) is 0 Å². The number of hydrogen-bond acceptors (Lipinski definition) is 2. The molecule has 2 atom stereocenters. The molecular weight excluding hydrogens is 256 g/mol. The van der Waals surface area contributed by atoms with Gasteiger partial charge in [0.15, 0.2) is 0 Å². The highest BCUT2D eigenvalue weighted by Crippen LogP contribution is 2.61. The summed E-state index contributed by atoms with van der Waals surface area (Å²) in [5.41, 5.74) is 1.90. The summed E-state index contributed by atoms with van der Waals surface area (Å²) >= 11 is 0. The van der Waals surface area contributed by atoms with E-state index >= 15 is 0 Å². The van der Waals surface area contributed by atoms with Crippen molar-refractivity contribution in [3.63, 3.8) is 0 Å². The molecule has 0 spiro atoms. The van der Waals surface area contributed by atoms with E-state index in [2.05, 4.69) is 30.2 Å². The van der Waals surface area contributed by atoms with Crippen molar-refractivity contribution in [1.82, 2.24) is 10.3 Å². The van der Waals surface area contributed by atoms with Crippen LogP contribution in [0.5, 0.6) is 0 Å². The largest absolute Gasteiger partial charge is 0.307 e. The molecule has 1 heterocycles. The molecular formula is C19H28N2. The van der Waals surface area contributed by atoms with Gasteiger partial charge in [0.2, 0.25) is 0 Å². The fraction of sp³-hybridized carbons (Fsp3) is 0.737. The van der Waals surface area contributed by atoms with Crippen molar-refractivity contribution in [2.24, 2.45) is 23.2 Å². The molecule has 4 bridgehead atoms. The SMILES string of the molecule is CC(NC(C)C12CC3CC(CC(C3)C1)C2)c1cccnc1. The van der Waals surface area contributed by atoms with Gasteiger partial charge in [-0.1, -0.05) is 6.07 Å². The Kier molecular flexibility index (Phi) is 3.33. The van der Waals surface area contributed by atoms with E-state index in [0.717, 1.165) is 17.8 Å². The lowest BCUT2D eigenvalue weighted by Crippen LogP contribution is -2.55. The summed E-state index contributed by atoms with van der Waals surface area (Å²) in [5, 5.41) is 3.91. The molecule has 4 aliphatic carbocycles. The molecule has 0 aliphatic heterocycles. The fourth-order valence-electron chi connectivity index (χ4n) is 5.99. The van der Waals surface area contributed by atoms with Gasteiger partial charge in [0.1, 0.15) is 0 Å². The smallest absolute Gasteiger partial charge is 0.0315 e. The number of aromatic nitrogens is 1. The highest BCUT2D eigenvalue weighted by Gasteiger charge is 2.53. The first kappa shape index (κ1) is 13.8. The van der Waals surface area contributed by atoms with Crippen LogP contribution in [0, 0.1) is 23.2 Å². The quantitative estimate of drug-likeness (QED) is 0.889. The van der Waals surface area contributed by atoms with Crippen LogP contribution in [0.2, 0.25) is 0 Å². The number of nitrogens with zero attached hydrogens (tertiary/aromatic N) is 1. The van der Waals surface area contributed by atoms with Gasteiger partial charge in [0.25, 0.3) is 0 Å². The second kappa shape index (κ2) is 5.08. The van der Waals surface area contributed by atoms with Gasteiger partial charge in [0, 0.05) is 24.5 Å². The molecule has 0 amide bonds. The van der Waals surface area contributed by atoms with Crippen LogP contribution in [0.3, 0.4) is 0 Å². The van der Waals surface area contributed by atoms with E-state index in [1.54, 1.807) is 0 Å². The van der Waals surface area contributed by atoms with Gasteiger partial charge in [-0.3, -0.25) is 4.98 Å². The summed E-state index contributed by atoms with van der Waals surface area (Å²) < 4.78 is 0. The van der Waals surface area contributed by atoms with E-state index < -0.39 is 0 Å². The first-order chi connectivity index (χ1) is 10.1. The van der Waals surface area contributed by atoms with Crippen LogP contribution < -0.4 is 5.32 Å². The van der Waals surface area contributed by atoms with Crippen LogP contribution in [0.1, 0.15) is 64.0 Å². The predicted octanol–water partition coefficient (Wildman–Crippen LogP) is 4.34. The summed E-state index contributed by atoms with van der Waals surface area (Å²) in [4.78, 5) is 4.27. The molecule has 21 heavy (non-hydrogen) atoms. The maximum Gasteiger partial charge on any atom is 0.0315 e. The van der Waals surface area contributed by atoms with E-state index in [4.69, 9.17) is 0 Å². The molecule has 4 fully saturated rings. The molecule has 0 aromatic carbocycles. The molecule has 1 aromatic rings. The summed E-state index contributed by atoms with van der Waals surface area (Å²) in [6, 6.07) is 5.27. The summed E-state index contributed by atoms with van der Waals surface area (Å²) in [5.74, 6) is 3.11. The van der Waals surface area contributed by atoms with Crippen LogP contribution >= 0.6 is 0 Å². The van der Waals surface area contributed by atoms with Gasteiger partial charge >= 0.3 is 0 Å². The number of hydrogen-bond donors (Lipinski definition) is 1. The zero-order valence-corrected chi connectivity index (χ0v) is 13.4. The van der Waals surface area contributed by atoms with E-state index in [9.17, 15) is 0 Å². The van der Waals surface area contributed by atoms with Crippen molar-refractivity contribution in [2.75, 3.05) is 0 Å². The highest BCUT2D eigenvalue weighted by atomic mass is 15.0. The Balaban J connectivity index is 1.49. The predicted molar refractivity (Wildman–Crippen MR) is 85.9 cm³/mol. The van der Waals surface area contributed by atoms with Crippen molar-refractivity contribution in [2.45, 2.75) is 64.5 Å². The summed E-state index contributed by atoms with van der Waals surface area (Å²) in [7, 11) is 0. The lowest BCUT2D eigenvalue weighted by molar-refractivity contribution is -0.0719. The lowest BCUT2D eigenvalue weighted by atomic mass is 9.48. The summed E-state index contributed by atoms with van der Waals surface area (Å²) in [6.07, 6.45) is 12.9. The first-order valence-electron chi connectivity index (χ1n) is 8.80. The Hall–Kier alpha value is -0.890. The van der Waals surface area contributed by atoms with Gasteiger partial charge in [0.05, 0.1) is 0 Å². The van der Waals surface area contributed by atoms with E-state index in [1.165, 1.54) is 44.1 Å². The third kappa shape index (κ3) is 2.42. The molecule has 0 saturated heterocycles. The standard InChI is InChI=1S/C19H28N2/c1-13(18-4-3-5-20-12-18)21-14(2)19-9-15-6-16(10-19)8-17(7-15)11-19/h3-5,12-17,21H,6-11H2,1-2H3. The molecule has 2 nitrogen and oxygen atoms in total. The van der Waals surface area contributed by atoms with Gasteiger partial charge in [-0.15, -0.1) is 0 Å². The van der Waals surface area contributed by atoms with E-state index in [0.29, 0.717) is 17.5 Å². The number of nitrogens with one attached hydrogen (secondary N) is 1. The van der Waals surface area contributed by atoms with Crippen LogP contribution in [0.4, 0.5) is 0 Å². The minimum Gasteiger partial charge on any atom is -0.307 e. The first-order valence-corrected chi connectivity index (χ1v) is 8.80. The minimum absolute atomic E-state index is 0.404. The van der Waals surface area contributed by atoms with Crippen LogP contribution in [-0.4, -0.2) is 11.0 Å². The van der Waals surface area contributed by atoms with Crippen LogP contribution in [-0.2, 0) is 0 Å². The molecule has 1 N–H and O–H groups in total. The highest BCUT2D eigenvalue weighted by molar-refractivity contribution is 5.14. The van der Waals surface area contributed by atoms with Crippen LogP contribution in [0.15, 0.2) is 24.5 Å². The van der Waals surface area contributed by atoms with Gasteiger partial charge in [-0.05, 0) is 87.2 Å². The fourth-order valence-corrected chi connectivity index (χ4v) is 5.99. The average Bonchev–Trinajstić information content (AvgIpc) is 2.46. The Morgan fingerprint density at radius 2 is 1.71 bits per heavy atom. The van der Waals surface area contributed by atoms with Crippen molar-refractivity contribution >= 4 is 0 Å². The number of pyridine rings is 1. The Labute approximate surface area is 128 Å². The molecule has 1 aromatic heterocycles. The lowest BCUT2D eigenvalue weighted by Gasteiger charge is -2.59. The Morgan fingerprint density at radius 1 is 1.10 bits per heavy atom. The van der Waals surface area contributed by atoms with Crippen molar-refractivity contribution < 1.29 is 0 Å². The van der Waals surface area contributed by atoms with E-state index in [1.807, 2.05) is 18.5 Å². The molecule has 4 saturated carbocycles. The van der Waals surface area contributed by atoms with Gasteiger partial charge < -0.3 is 5.32 Å². The number of rotatable bonds is 4. The monoisotopic (exact) mass is 284 g/mol. The minimum atomic E-state index is 0.404. The maximum absolute atomic E-state index is 4.27. The van der Waals surface area contributed by atoms with E-state index in [-0.39, 0.29) is 0 Å². The third-order valence-corrected chi connectivity index (χ3v) is 6.69. The second-order valence-corrected chi connectivity index (χ2v) is 8.18. The zero-order valence-electron chi connectivity index (χ0n) is 13.4. The molecule has 4 aliphatic rings. The molecule has 5 rings (SSSR count). The zero-order chi connectivity index (χ0) is 14.4.